The molecule has 9 heavy (non-hydrogen) atoms. The molecule has 0 aliphatic heterocycles. The minimum Gasteiger partial charge on any atom is -0.272 e. The Kier molecular flexibility index (Phi) is 3.13. The third-order valence-corrected chi connectivity index (χ3v) is 0.828. The second kappa shape index (κ2) is 3.38. The molecule has 2 heteroatoms. The number of carbonyl (C=O) groups is 1. The number of rotatable bonds is 1. The van der Waals surface area contributed by atoms with Crippen molar-refractivity contribution in [2.45, 2.75) is 27.7 Å². The van der Waals surface area contributed by atoms with E-state index in [-0.39, 0.29) is 11.8 Å². The van der Waals surface area contributed by atoms with Crippen molar-refractivity contribution < 1.29 is 4.79 Å². The maximum Gasteiger partial charge on any atom is 0.248 e. The Balaban J connectivity index is 3.93. The van der Waals surface area contributed by atoms with Gasteiger partial charge in [-0.15, -0.1) is 0 Å². The number of hydrogen-bond acceptors (Lipinski definition) is 1. The summed E-state index contributed by atoms with van der Waals surface area (Å²) in [7, 11) is 0. The lowest BCUT2D eigenvalue weighted by Gasteiger charge is -1.95. The molecule has 0 aliphatic rings. The van der Waals surface area contributed by atoms with Crippen molar-refractivity contribution in [3.8, 4) is 0 Å². The van der Waals surface area contributed by atoms with Crippen molar-refractivity contribution in [3.05, 3.63) is 0 Å². The van der Waals surface area contributed by atoms with Gasteiger partial charge >= 0.3 is 0 Å². The fraction of sp³-hybridized carbons (Fsp3) is 0.714. The van der Waals surface area contributed by atoms with Gasteiger partial charge in [-0.25, -0.2) is 4.99 Å². The van der Waals surface area contributed by atoms with E-state index in [1.54, 1.807) is 0 Å². The van der Waals surface area contributed by atoms with Crippen LogP contribution in [-0.4, -0.2) is 11.6 Å². The quantitative estimate of drug-likeness (QED) is 0.492. The fourth-order valence-corrected chi connectivity index (χ4v) is 0.349. The molecule has 0 spiro atoms. The molecule has 1 amide bonds. The predicted molar refractivity (Wildman–Crippen MR) is 38.6 cm³/mol. The molecule has 0 atom stereocenters. The van der Waals surface area contributed by atoms with Gasteiger partial charge in [0.2, 0.25) is 5.91 Å². The van der Waals surface area contributed by atoms with Crippen molar-refractivity contribution >= 4 is 11.6 Å². The van der Waals surface area contributed by atoms with Gasteiger partial charge in [0.25, 0.3) is 0 Å². The molecule has 0 aromatic carbocycles. The van der Waals surface area contributed by atoms with Crippen LogP contribution in [0.3, 0.4) is 0 Å². The summed E-state index contributed by atoms with van der Waals surface area (Å²) in [5.74, 6) is -0.00472. The van der Waals surface area contributed by atoms with E-state index >= 15 is 0 Å². The van der Waals surface area contributed by atoms with E-state index in [1.807, 2.05) is 27.7 Å². The van der Waals surface area contributed by atoms with Crippen molar-refractivity contribution in [1.82, 2.24) is 0 Å². The third-order valence-electron chi connectivity index (χ3n) is 0.828. The summed E-state index contributed by atoms with van der Waals surface area (Å²) in [5, 5.41) is 0. The molecule has 0 saturated carbocycles. The molecule has 0 aromatic heterocycles. The highest BCUT2D eigenvalue weighted by Crippen LogP contribution is 1.94. The van der Waals surface area contributed by atoms with Gasteiger partial charge in [0.1, 0.15) is 0 Å². The number of carbonyl (C=O) groups excluding carboxylic acids is 1. The molecule has 0 unspecified atom stereocenters. The zero-order valence-corrected chi connectivity index (χ0v) is 6.43. The second-order valence-electron chi connectivity index (χ2n) is 2.55. The van der Waals surface area contributed by atoms with E-state index < -0.39 is 0 Å². The van der Waals surface area contributed by atoms with Crippen LogP contribution in [0.5, 0.6) is 0 Å². The molecule has 0 aliphatic carbocycles. The van der Waals surface area contributed by atoms with Crippen LogP contribution in [0.25, 0.3) is 0 Å². The highest BCUT2D eigenvalue weighted by molar-refractivity contribution is 5.93. The van der Waals surface area contributed by atoms with Crippen LogP contribution in [-0.2, 0) is 4.79 Å². The average molecular weight is 127 g/mol. The largest absolute Gasteiger partial charge is 0.272 e. The first-order chi connectivity index (χ1) is 4.04. The Labute approximate surface area is 56.0 Å². The Bertz CT molecular complexity index is 132. The number of hydrogen-bond donors (Lipinski definition) is 0. The first-order valence-electron chi connectivity index (χ1n) is 3.09. The standard InChI is InChI=1S/C7H13NO/c1-5(2)7(9)8-6(3)4/h5H,1-4H3. The lowest BCUT2D eigenvalue weighted by atomic mass is 10.2. The predicted octanol–water partition coefficient (Wildman–Crippen LogP) is 1.65. The van der Waals surface area contributed by atoms with E-state index in [4.69, 9.17) is 0 Å². The van der Waals surface area contributed by atoms with Gasteiger partial charge in [0.15, 0.2) is 0 Å². The molecule has 0 radical (unpaired) electrons. The number of nitrogens with zero attached hydrogens (tertiary/aromatic N) is 1. The van der Waals surface area contributed by atoms with Crippen molar-refractivity contribution in [1.29, 1.82) is 0 Å². The number of amides is 1. The average Bonchev–Trinajstić information content (AvgIpc) is 1.63. The minimum atomic E-state index is -0.0324. The van der Waals surface area contributed by atoms with E-state index in [1.165, 1.54) is 0 Å². The SMILES string of the molecule is CC(C)=NC(=O)C(C)C. The highest BCUT2D eigenvalue weighted by atomic mass is 16.1. The lowest BCUT2D eigenvalue weighted by Crippen LogP contribution is -2.04. The van der Waals surface area contributed by atoms with Crippen LogP contribution in [0.2, 0.25) is 0 Å². The van der Waals surface area contributed by atoms with Gasteiger partial charge in [-0.3, -0.25) is 4.79 Å². The first-order valence-corrected chi connectivity index (χ1v) is 3.09. The maximum absolute atomic E-state index is 10.8. The fourth-order valence-electron chi connectivity index (χ4n) is 0.349. The first kappa shape index (κ1) is 8.34. The Hall–Kier alpha value is -0.660. The number of aliphatic imine (C=N–C) groups is 1. The van der Waals surface area contributed by atoms with E-state index in [0.29, 0.717) is 0 Å². The molecular formula is C7H13NO. The van der Waals surface area contributed by atoms with E-state index in [0.717, 1.165) is 5.71 Å². The Morgan fingerprint density at radius 1 is 1.33 bits per heavy atom. The molecule has 0 aromatic rings. The van der Waals surface area contributed by atoms with Crippen LogP contribution in [0.1, 0.15) is 27.7 Å². The molecule has 0 N–H and O–H groups in total. The van der Waals surface area contributed by atoms with Gasteiger partial charge in [-0.05, 0) is 13.8 Å². The molecular weight excluding hydrogens is 114 g/mol. The summed E-state index contributed by atoms with van der Waals surface area (Å²) >= 11 is 0. The Morgan fingerprint density at radius 2 is 1.78 bits per heavy atom. The molecule has 0 heterocycles. The van der Waals surface area contributed by atoms with Crippen LogP contribution in [0.15, 0.2) is 4.99 Å². The monoisotopic (exact) mass is 127 g/mol. The second-order valence-corrected chi connectivity index (χ2v) is 2.55. The van der Waals surface area contributed by atoms with E-state index in [9.17, 15) is 4.79 Å². The smallest absolute Gasteiger partial charge is 0.248 e. The zero-order valence-electron chi connectivity index (χ0n) is 6.43. The molecule has 0 rings (SSSR count). The normalized spacial score (nSPS) is 9.44. The summed E-state index contributed by atoms with van der Waals surface area (Å²) in [4.78, 5) is 14.5. The molecule has 52 valence electrons. The summed E-state index contributed by atoms with van der Waals surface area (Å²) in [6, 6.07) is 0. The summed E-state index contributed by atoms with van der Waals surface area (Å²) in [5.41, 5.74) is 0.828. The molecule has 0 fully saturated rings. The maximum atomic E-state index is 10.8. The highest BCUT2D eigenvalue weighted by Gasteiger charge is 2.02. The van der Waals surface area contributed by atoms with Gasteiger partial charge in [-0.1, -0.05) is 13.8 Å². The molecule has 0 bridgehead atoms. The van der Waals surface area contributed by atoms with Crippen LogP contribution < -0.4 is 0 Å². The summed E-state index contributed by atoms with van der Waals surface area (Å²) in [6.45, 7) is 7.32. The van der Waals surface area contributed by atoms with E-state index in [2.05, 4.69) is 4.99 Å². The third kappa shape index (κ3) is 3.88. The van der Waals surface area contributed by atoms with Crippen molar-refractivity contribution in [2.75, 3.05) is 0 Å². The van der Waals surface area contributed by atoms with Gasteiger partial charge < -0.3 is 0 Å². The summed E-state index contributed by atoms with van der Waals surface area (Å²) in [6.07, 6.45) is 0. The Morgan fingerprint density at radius 3 is 1.89 bits per heavy atom. The van der Waals surface area contributed by atoms with Crippen LogP contribution in [0.4, 0.5) is 0 Å². The lowest BCUT2D eigenvalue weighted by molar-refractivity contribution is -0.120. The van der Waals surface area contributed by atoms with Crippen LogP contribution in [0, 0.1) is 5.92 Å². The summed E-state index contributed by atoms with van der Waals surface area (Å²) < 4.78 is 0. The minimum absolute atomic E-state index is 0.0277. The van der Waals surface area contributed by atoms with Crippen molar-refractivity contribution in [3.63, 3.8) is 0 Å². The molecule has 0 saturated heterocycles. The van der Waals surface area contributed by atoms with Crippen molar-refractivity contribution in [2.24, 2.45) is 10.9 Å². The molecule has 2 nitrogen and oxygen atoms in total. The van der Waals surface area contributed by atoms with Gasteiger partial charge in [0, 0.05) is 11.6 Å². The topological polar surface area (TPSA) is 29.4 Å². The van der Waals surface area contributed by atoms with Crippen LogP contribution >= 0.6 is 0 Å². The van der Waals surface area contributed by atoms with Gasteiger partial charge in [-0.2, -0.15) is 0 Å². The zero-order chi connectivity index (χ0) is 7.44. The van der Waals surface area contributed by atoms with Gasteiger partial charge in [0.05, 0.1) is 0 Å².